The van der Waals surface area contributed by atoms with Gasteiger partial charge in [0.15, 0.2) is 6.61 Å². The van der Waals surface area contributed by atoms with Crippen molar-refractivity contribution >= 4 is 33.4 Å². The van der Waals surface area contributed by atoms with Gasteiger partial charge in [0.25, 0.3) is 11.8 Å². The van der Waals surface area contributed by atoms with Crippen LogP contribution in [0.3, 0.4) is 0 Å². The minimum absolute atomic E-state index is 0.0491. The molecule has 28 heavy (non-hydrogen) atoms. The van der Waals surface area contributed by atoms with E-state index in [0.29, 0.717) is 29.4 Å². The Kier molecular flexibility index (Phi) is 6.44. The fourth-order valence-electron chi connectivity index (χ4n) is 2.44. The van der Waals surface area contributed by atoms with Crippen LogP contribution in [-0.4, -0.2) is 35.2 Å². The van der Waals surface area contributed by atoms with Crippen molar-refractivity contribution in [2.24, 2.45) is 0 Å². The van der Waals surface area contributed by atoms with Crippen molar-refractivity contribution < 1.29 is 14.3 Å². The van der Waals surface area contributed by atoms with Gasteiger partial charge in [-0.3, -0.25) is 14.7 Å². The lowest BCUT2D eigenvalue weighted by molar-refractivity contribution is -0.122. The van der Waals surface area contributed by atoms with Gasteiger partial charge >= 0.3 is 0 Å². The minimum Gasteiger partial charge on any atom is -0.484 e. The van der Waals surface area contributed by atoms with Gasteiger partial charge in [0, 0.05) is 22.3 Å². The van der Waals surface area contributed by atoms with E-state index in [1.54, 1.807) is 30.3 Å². The van der Waals surface area contributed by atoms with Crippen LogP contribution in [0.25, 0.3) is 11.3 Å². The smallest absolute Gasteiger partial charge is 0.273 e. The SMILES string of the molecule is CCNC(=O)COc1ccc(NC(=O)c2cc(-c3ccc(Br)cc3)n[nH]2)cc1. The summed E-state index contributed by atoms with van der Waals surface area (Å²) in [6, 6.07) is 16.2. The Morgan fingerprint density at radius 1 is 1.11 bits per heavy atom. The molecule has 144 valence electrons. The van der Waals surface area contributed by atoms with E-state index < -0.39 is 0 Å². The van der Waals surface area contributed by atoms with Gasteiger partial charge in [0.1, 0.15) is 11.4 Å². The third-order valence-corrected chi connectivity index (χ3v) is 4.35. The van der Waals surface area contributed by atoms with Gasteiger partial charge in [-0.1, -0.05) is 28.1 Å². The summed E-state index contributed by atoms with van der Waals surface area (Å²) < 4.78 is 6.36. The number of likely N-dealkylation sites (N-methyl/N-ethyl adjacent to an activating group) is 1. The van der Waals surface area contributed by atoms with Crippen molar-refractivity contribution in [2.75, 3.05) is 18.5 Å². The Morgan fingerprint density at radius 2 is 1.82 bits per heavy atom. The second kappa shape index (κ2) is 9.18. The molecule has 0 aliphatic rings. The zero-order chi connectivity index (χ0) is 19.9. The molecule has 1 heterocycles. The molecule has 7 nitrogen and oxygen atoms in total. The number of aromatic nitrogens is 2. The molecule has 0 unspecified atom stereocenters. The van der Waals surface area contributed by atoms with Crippen LogP contribution in [0.15, 0.2) is 59.1 Å². The second-order valence-electron chi connectivity index (χ2n) is 5.89. The molecule has 0 saturated carbocycles. The number of ether oxygens (including phenoxy) is 1. The molecule has 0 fully saturated rings. The van der Waals surface area contributed by atoms with Crippen LogP contribution >= 0.6 is 15.9 Å². The van der Waals surface area contributed by atoms with Gasteiger partial charge in [-0.05, 0) is 49.4 Å². The number of nitrogens with one attached hydrogen (secondary N) is 3. The number of aromatic amines is 1. The summed E-state index contributed by atoms with van der Waals surface area (Å²) in [6.45, 7) is 2.35. The molecule has 3 rings (SSSR count). The third kappa shape index (κ3) is 5.20. The lowest BCUT2D eigenvalue weighted by Crippen LogP contribution is -2.28. The fraction of sp³-hybridized carbons (Fsp3) is 0.150. The van der Waals surface area contributed by atoms with Crippen LogP contribution in [0.1, 0.15) is 17.4 Å². The summed E-state index contributed by atoms with van der Waals surface area (Å²) in [5, 5.41) is 12.4. The van der Waals surface area contributed by atoms with Gasteiger partial charge in [-0.25, -0.2) is 0 Å². The zero-order valence-electron chi connectivity index (χ0n) is 15.2. The van der Waals surface area contributed by atoms with Crippen molar-refractivity contribution in [2.45, 2.75) is 6.92 Å². The van der Waals surface area contributed by atoms with Crippen LogP contribution in [0.5, 0.6) is 5.75 Å². The maximum Gasteiger partial charge on any atom is 0.273 e. The molecule has 0 spiro atoms. The lowest BCUT2D eigenvalue weighted by Gasteiger charge is -2.07. The molecule has 0 atom stereocenters. The van der Waals surface area contributed by atoms with Gasteiger partial charge in [0.2, 0.25) is 0 Å². The monoisotopic (exact) mass is 442 g/mol. The topological polar surface area (TPSA) is 96.1 Å². The van der Waals surface area contributed by atoms with Crippen molar-refractivity contribution in [1.29, 1.82) is 0 Å². The number of anilines is 1. The first-order valence-corrected chi connectivity index (χ1v) is 9.46. The second-order valence-corrected chi connectivity index (χ2v) is 6.81. The summed E-state index contributed by atoms with van der Waals surface area (Å²) in [5.41, 5.74) is 2.56. The number of benzene rings is 2. The number of H-pyrrole nitrogens is 1. The van der Waals surface area contributed by atoms with Crippen LogP contribution < -0.4 is 15.4 Å². The van der Waals surface area contributed by atoms with Crippen molar-refractivity contribution in [3.05, 3.63) is 64.8 Å². The molecule has 2 amide bonds. The average Bonchev–Trinajstić information content (AvgIpc) is 3.19. The first-order valence-electron chi connectivity index (χ1n) is 8.67. The lowest BCUT2D eigenvalue weighted by atomic mass is 10.1. The van der Waals surface area contributed by atoms with Gasteiger partial charge in [0.05, 0.1) is 5.69 Å². The van der Waals surface area contributed by atoms with Crippen LogP contribution in [0, 0.1) is 0 Å². The standard InChI is InChI=1S/C20H19BrN4O3/c1-2-22-19(26)12-28-16-9-7-15(8-10-16)23-20(27)18-11-17(24-25-18)13-3-5-14(21)6-4-13/h3-11H,2,12H2,1H3,(H,22,26)(H,23,27)(H,24,25). The predicted molar refractivity (Wildman–Crippen MR) is 110 cm³/mol. The Balaban J connectivity index is 1.59. The van der Waals surface area contributed by atoms with Crippen LogP contribution in [0.2, 0.25) is 0 Å². The van der Waals surface area contributed by atoms with Crippen molar-refractivity contribution in [1.82, 2.24) is 15.5 Å². The fourth-order valence-corrected chi connectivity index (χ4v) is 2.70. The number of hydrogen-bond acceptors (Lipinski definition) is 4. The molecule has 0 aliphatic carbocycles. The molecular weight excluding hydrogens is 424 g/mol. The largest absolute Gasteiger partial charge is 0.484 e. The van der Waals surface area contributed by atoms with E-state index in [4.69, 9.17) is 4.74 Å². The Labute approximate surface area is 170 Å². The predicted octanol–water partition coefficient (Wildman–Crippen LogP) is 3.61. The number of carbonyl (C=O) groups excluding carboxylic acids is 2. The molecule has 0 radical (unpaired) electrons. The normalized spacial score (nSPS) is 10.4. The number of carbonyl (C=O) groups is 2. The maximum absolute atomic E-state index is 12.4. The number of halogens is 1. The number of hydrogen-bond donors (Lipinski definition) is 3. The van der Waals surface area contributed by atoms with Crippen LogP contribution in [0.4, 0.5) is 5.69 Å². The minimum atomic E-state index is -0.299. The Hall–Kier alpha value is -3.13. The highest BCUT2D eigenvalue weighted by Gasteiger charge is 2.11. The summed E-state index contributed by atoms with van der Waals surface area (Å²) >= 11 is 3.39. The quantitative estimate of drug-likeness (QED) is 0.520. The van der Waals surface area contributed by atoms with Gasteiger partial charge in [-0.2, -0.15) is 5.10 Å². The van der Waals surface area contributed by atoms with E-state index in [1.165, 1.54) is 0 Å². The summed E-state index contributed by atoms with van der Waals surface area (Å²) in [7, 11) is 0. The maximum atomic E-state index is 12.4. The Bertz CT molecular complexity index is 952. The molecule has 0 saturated heterocycles. The van der Waals surface area contributed by atoms with Gasteiger partial charge in [-0.15, -0.1) is 0 Å². The number of nitrogens with zero attached hydrogens (tertiary/aromatic N) is 1. The Morgan fingerprint density at radius 3 is 2.50 bits per heavy atom. The molecular formula is C20H19BrN4O3. The zero-order valence-corrected chi connectivity index (χ0v) is 16.7. The van der Waals surface area contributed by atoms with Crippen molar-refractivity contribution in [3.8, 4) is 17.0 Å². The highest BCUT2D eigenvalue weighted by atomic mass is 79.9. The highest BCUT2D eigenvalue weighted by molar-refractivity contribution is 9.10. The van der Waals surface area contributed by atoms with Gasteiger partial charge < -0.3 is 15.4 Å². The van der Waals surface area contributed by atoms with E-state index >= 15 is 0 Å². The molecule has 3 N–H and O–H groups in total. The number of amides is 2. The summed E-state index contributed by atoms with van der Waals surface area (Å²) in [5.74, 6) is 0.0656. The summed E-state index contributed by atoms with van der Waals surface area (Å²) in [6.07, 6.45) is 0. The molecule has 2 aromatic carbocycles. The molecule has 0 aliphatic heterocycles. The van der Waals surface area contributed by atoms with Crippen molar-refractivity contribution in [3.63, 3.8) is 0 Å². The molecule has 1 aromatic heterocycles. The van der Waals surface area contributed by atoms with E-state index in [2.05, 4.69) is 36.8 Å². The molecule has 0 bridgehead atoms. The molecule has 8 heteroatoms. The van der Waals surface area contributed by atoms with Crippen LogP contribution in [-0.2, 0) is 4.79 Å². The number of rotatable bonds is 7. The molecule has 3 aromatic rings. The highest BCUT2D eigenvalue weighted by Crippen LogP contribution is 2.21. The van der Waals surface area contributed by atoms with E-state index in [-0.39, 0.29) is 18.4 Å². The van der Waals surface area contributed by atoms with E-state index in [0.717, 1.165) is 10.0 Å². The first kappa shape index (κ1) is 19.6. The third-order valence-electron chi connectivity index (χ3n) is 3.82. The van der Waals surface area contributed by atoms with E-state index in [1.807, 2.05) is 31.2 Å². The average molecular weight is 443 g/mol. The van der Waals surface area contributed by atoms with E-state index in [9.17, 15) is 9.59 Å². The first-order chi connectivity index (χ1) is 13.5. The summed E-state index contributed by atoms with van der Waals surface area (Å²) in [4.78, 5) is 23.8.